The number of nitrogens with one attached hydrogen (secondary N) is 1. The van der Waals surface area contributed by atoms with Crippen LogP contribution >= 0.6 is 0 Å². The summed E-state index contributed by atoms with van der Waals surface area (Å²) < 4.78 is 5.76. The number of nitrogens with zero attached hydrogens (tertiary/aromatic N) is 2. The molecule has 0 aliphatic carbocycles. The molecule has 3 rings (SSSR count). The Morgan fingerprint density at radius 1 is 1.12 bits per heavy atom. The van der Waals surface area contributed by atoms with Gasteiger partial charge in [0, 0.05) is 30.2 Å². The van der Waals surface area contributed by atoms with E-state index in [9.17, 15) is 14.7 Å². The molecule has 3 aromatic rings. The number of hydrogen-bond acceptors (Lipinski definition) is 5. The number of carboxylic acid groups (broad SMARTS) is 1. The highest BCUT2D eigenvalue weighted by Gasteiger charge is 2.12. The molecule has 1 aromatic carbocycles. The second-order valence-corrected chi connectivity index (χ2v) is 5.41. The molecule has 0 spiro atoms. The van der Waals surface area contributed by atoms with Crippen LogP contribution in [0.4, 0.5) is 5.82 Å². The molecule has 0 saturated heterocycles. The summed E-state index contributed by atoms with van der Waals surface area (Å²) in [6, 6.07) is 11.3. The van der Waals surface area contributed by atoms with Crippen molar-refractivity contribution < 1.29 is 19.4 Å². The van der Waals surface area contributed by atoms with E-state index in [2.05, 4.69) is 15.3 Å². The number of carboxylic acids is 1. The Balaban J connectivity index is 1.79. The molecule has 0 atom stereocenters. The number of aromatic carboxylic acids is 1. The Bertz CT molecular complexity index is 958. The van der Waals surface area contributed by atoms with Crippen LogP contribution in [0.1, 0.15) is 26.3 Å². The molecule has 0 radical (unpaired) electrons. The molecule has 0 aliphatic heterocycles. The number of carbonyl (C=O) groups excluding carboxylic acids is 1. The predicted octanol–water partition coefficient (Wildman–Crippen LogP) is 3.53. The third-order valence-corrected chi connectivity index (χ3v) is 3.64. The number of hydrogen-bond donors (Lipinski definition) is 2. The lowest BCUT2D eigenvalue weighted by molar-refractivity contribution is 0.0695. The molecule has 7 heteroatoms. The summed E-state index contributed by atoms with van der Waals surface area (Å²) in [5, 5.41) is 11.9. The van der Waals surface area contributed by atoms with Crippen LogP contribution in [0.3, 0.4) is 0 Å². The highest BCUT2D eigenvalue weighted by Crippen LogP contribution is 2.28. The first kappa shape index (κ1) is 17.1. The largest absolute Gasteiger partial charge is 0.478 e. The van der Waals surface area contributed by atoms with E-state index in [1.807, 2.05) is 0 Å². The normalized spacial score (nSPS) is 10.2. The summed E-state index contributed by atoms with van der Waals surface area (Å²) in [5.74, 6) is -0.213. The van der Waals surface area contributed by atoms with Crippen LogP contribution in [0.5, 0.6) is 11.5 Å². The minimum atomic E-state index is -1.02. The molecule has 0 aliphatic rings. The Morgan fingerprint density at radius 2 is 1.96 bits per heavy atom. The van der Waals surface area contributed by atoms with Crippen molar-refractivity contribution in [2.75, 3.05) is 5.32 Å². The van der Waals surface area contributed by atoms with Gasteiger partial charge in [-0.3, -0.25) is 9.78 Å². The van der Waals surface area contributed by atoms with E-state index in [4.69, 9.17) is 4.74 Å². The van der Waals surface area contributed by atoms with Crippen molar-refractivity contribution in [3.63, 3.8) is 0 Å². The van der Waals surface area contributed by atoms with Gasteiger partial charge in [-0.25, -0.2) is 9.78 Å². The van der Waals surface area contributed by atoms with E-state index in [-0.39, 0.29) is 11.5 Å². The molecular formula is C19H15N3O4. The summed E-state index contributed by atoms with van der Waals surface area (Å²) in [5.41, 5.74) is 1.09. The van der Waals surface area contributed by atoms with E-state index in [1.165, 1.54) is 18.5 Å². The van der Waals surface area contributed by atoms with Crippen molar-refractivity contribution >= 4 is 17.7 Å². The average Bonchev–Trinajstić information content (AvgIpc) is 2.64. The van der Waals surface area contributed by atoms with Gasteiger partial charge in [0.15, 0.2) is 0 Å². The van der Waals surface area contributed by atoms with Crippen molar-refractivity contribution in [1.29, 1.82) is 0 Å². The van der Waals surface area contributed by atoms with E-state index in [0.717, 1.165) is 0 Å². The van der Waals surface area contributed by atoms with Crippen LogP contribution in [-0.4, -0.2) is 27.0 Å². The monoisotopic (exact) mass is 349 g/mol. The van der Waals surface area contributed by atoms with Crippen molar-refractivity contribution in [1.82, 2.24) is 9.97 Å². The molecule has 0 bridgehead atoms. The zero-order valence-corrected chi connectivity index (χ0v) is 13.8. The Morgan fingerprint density at radius 3 is 2.69 bits per heavy atom. The minimum absolute atomic E-state index is 0.168. The Kier molecular flexibility index (Phi) is 4.89. The standard InChI is InChI=1S/C19H15N3O4/c1-12-15(19(24)25)5-2-6-16(12)26-14-7-9-21-17(10-14)22-18(23)13-4-3-8-20-11-13/h2-11H,1H3,(H,24,25)(H,21,22,23). The van der Waals surface area contributed by atoms with Gasteiger partial charge in [-0.15, -0.1) is 0 Å². The van der Waals surface area contributed by atoms with E-state index < -0.39 is 5.97 Å². The van der Waals surface area contributed by atoms with Crippen molar-refractivity contribution in [3.05, 3.63) is 77.7 Å². The Hall–Kier alpha value is -3.74. The third-order valence-electron chi connectivity index (χ3n) is 3.64. The number of carbonyl (C=O) groups is 2. The topological polar surface area (TPSA) is 101 Å². The summed E-state index contributed by atoms with van der Waals surface area (Å²) in [7, 11) is 0. The van der Waals surface area contributed by atoms with Crippen LogP contribution < -0.4 is 10.1 Å². The molecule has 130 valence electrons. The maximum atomic E-state index is 12.2. The fourth-order valence-corrected chi connectivity index (χ4v) is 2.31. The van der Waals surface area contributed by atoms with E-state index in [0.29, 0.717) is 28.4 Å². The number of anilines is 1. The summed E-state index contributed by atoms with van der Waals surface area (Å²) in [6.45, 7) is 1.67. The zero-order chi connectivity index (χ0) is 18.5. The summed E-state index contributed by atoms with van der Waals surface area (Å²) in [4.78, 5) is 31.4. The first-order chi connectivity index (χ1) is 12.5. The van der Waals surface area contributed by atoms with Gasteiger partial charge in [0.05, 0.1) is 11.1 Å². The lowest BCUT2D eigenvalue weighted by Gasteiger charge is -2.11. The van der Waals surface area contributed by atoms with Crippen molar-refractivity contribution in [2.24, 2.45) is 0 Å². The number of ether oxygens (including phenoxy) is 1. The van der Waals surface area contributed by atoms with Crippen molar-refractivity contribution in [2.45, 2.75) is 6.92 Å². The number of rotatable bonds is 5. The molecular weight excluding hydrogens is 334 g/mol. The predicted molar refractivity (Wildman–Crippen MR) is 94.6 cm³/mol. The zero-order valence-electron chi connectivity index (χ0n) is 13.8. The van der Waals surface area contributed by atoms with Gasteiger partial charge in [0.1, 0.15) is 17.3 Å². The van der Waals surface area contributed by atoms with E-state index in [1.54, 1.807) is 49.5 Å². The average molecular weight is 349 g/mol. The molecule has 0 fully saturated rings. The maximum Gasteiger partial charge on any atom is 0.336 e. The Labute approximate surface area is 149 Å². The maximum absolute atomic E-state index is 12.2. The fraction of sp³-hybridized carbons (Fsp3) is 0.0526. The molecule has 2 heterocycles. The molecule has 2 N–H and O–H groups in total. The molecule has 0 unspecified atom stereocenters. The van der Waals surface area contributed by atoms with Crippen LogP contribution in [-0.2, 0) is 0 Å². The van der Waals surface area contributed by atoms with Gasteiger partial charge in [0.25, 0.3) is 5.91 Å². The van der Waals surface area contributed by atoms with E-state index >= 15 is 0 Å². The fourth-order valence-electron chi connectivity index (χ4n) is 2.31. The van der Waals surface area contributed by atoms with Crippen LogP contribution in [0.25, 0.3) is 0 Å². The van der Waals surface area contributed by atoms with Gasteiger partial charge in [-0.1, -0.05) is 6.07 Å². The number of pyridine rings is 2. The second-order valence-electron chi connectivity index (χ2n) is 5.41. The SMILES string of the molecule is Cc1c(Oc2ccnc(NC(=O)c3cccnc3)c2)cccc1C(=O)O. The quantitative estimate of drug-likeness (QED) is 0.731. The van der Waals surface area contributed by atoms with Crippen LogP contribution in [0, 0.1) is 6.92 Å². The molecule has 1 amide bonds. The molecule has 2 aromatic heterocycles. The highest BCUT2D eigenvalue weighted by molar-refractivity contribution is 6.03. The van der Waals surface area contributed by atoms with Crippen molar-refractivity contribution in [3.8, 4) is 11.5 Å². The molecule has 7 nitrogen and oxygen atoms in total. The van der Waals surface area contributed by atoms with Crippen LogP contribution in [0.2, 0.25) is 0 Å². The minimum Gasteiger partial charge on any atom is -0.478 e. The number of amides is 1. The first-order valence-corrected chi connectivity index (χ1v) is 7.73. The van der Waals surface area contributed by atoms with Gasteiger partial charge in [-0.2, -0.15) is 0 Å². The molecule has 26 heavy (non-hydrogen) atoms. The van der Waals surface area contributed by atoms with Gasteiger partial charge >= 0.3 is 5.97 Å². The van der Waals surface area contributed by atoms with Gasteiger partial charge in [0.2, 0.25) is 0 Å². The molecule has 0 saturated carbocycles. The summed E-state index contributed by atoms with van der Waals surface area (Å²) >= 11 is 0. The highest BCUT2D eigenvalue weighted by atomic mass is 16.5. The van der Waals surface area contributed by atoms with Crippen LogP contribution in [0.15, 0.2) is 61.1 Å². The second kappa shape index (κ2) is 7.43. The number of aromatic nitrogens is 2. The first-order valence-electron chi connectivity index (χ1n) is 7.73. The lowest BCUT2D eigenvalue weighted by atomic mass is 10.1. The number of benzene rings is 1. The van der Waals surface area contributed by atoms with Gasteiger partial charge in [-0.05, 0) is 37.3 Å². The third kappa shape index (κ3) is 3.84. The smallest absolute Gasteiger partial charge is 0.336 e. The van der Waals surface area contributed by atoms with Gasteiger partial charge < -0.3 is 15.2 Å². The summed E-state index contributed by atoms with van der Waals surface area (Å²) in [6.07, 6.45) is 4.53. The lowest BCUT2D eigenvalue weighted by Crippen LogP contribution is -2.13.